The second kappa shape index (κ2) is 5.20. The molecule has 0 aliphatic rings. The molecule has 0 fully saturated rings. The molecule has 84 valence electrons. The van der Waals surface area contributed by atoms with E-state index in [1.54, 1.807) is 10.9 Å². The third-order valence-corrected chi connectivity index (χ3v) is 3.34. The number of thiazole rings is 1. The Bertz CT molecular complexity index is 439. The average molecular weight is 254 g/mol. The van der Waals surface area contributed by atoms with Crippen LogP contribution in [0.3, 0.4) is 0 Å². The summed E-state index contributed by atoms with van der Waals surface area (Å²) in [6.45, 7) is 0.201. The highest BCUT2D eigenvalue weighted by molar-refractivity contribution is 7.08. The fourth-order valence-corrected chi connectivity index (χ4v) is 2.43. The SMILES string of the molecule is O=C(NCC(O)c1ccsc1)c1cscn1. The van der Waals surface area contributed by atoms with Crippen molar-refractivity contribution in [1.82, 2.24) is 10.3 Å². The summed E-state index contributed by atoms with van der Waals surface area (Å²) in [5.41, 5.74) is 2.82. The van der Waals surface area contributed by atoms with E-state index in [2.05, 4.69) is 10.3 Å². The van der Waals surface area contributed by atoms with Crippen molar-refractivity contribution < 1.29 is 9.90 Å². The molecule has 0 aromatic carbocycles. The largest absolute Gasteiger partial charge is 0.387 e. The molecule has 0 aliphatic heterocycles. The van der Waals surface area contributed by atoms with Crippen LogP contribution in [0.4, 0.5) is 0 Å². The van der Waals surface area contributed by atoms with Crippen molar-refractivity contribution in [3.8, 4) is 0 Å². The summed E-state index contributed by atoms with van der Waals surface area (Å²) in [7, 11) is 0. The number of aromatic nitrogens is 1. The molecule has 1 unspecified atom stereocenters. The maximum atomic E-state index is 11.5. The van der Waals surface area contributed by atoms with Crippen molar-refractivity contribution in [1.29, 1.82) is 0 Å². The summed E-state index contributed by atoms with van der Waals surface area (Å²) in [6, 6.07) is 1.84. The van der Waals surface area contributed by atoms with Gasteiger partial charge in [-0.2, -0.15) is 11.3 Å². The van der Waals surface area contributed by atoms with Crippen LogP contribution in [0.25, 0.3) is 0 Å². The van der Waals surface area contributed by atoms with E-state index in [0.29, 0.717) is 5.69 Å². The molecule has 2 rings (SSSR count). The lowest BCUT2D eigenvalue weighted by molar-refractivity contribution is 0.0912. The van der Waals surface area contributed by atoms with E-state index in [1.165, 1.54) is 22.7 Å². The Morgan fingerprint density at radius 1 is 1.50 bits per heavy atom. The van der Waals surface area contributed by atoms with Gasteiger partial charge in [-0.25, -0.2) is 4.98 Å². The van der Waals surface area contributed by atoms with E-state index in [0.717, 1.165) is 5.56 Å². The van der Waals surface area contributed by atoms with Crippen LogP contribution in [0.5, 0.6) is 0 Å². The molecule has 2 aromatic heterocycles. The highest BCUT2D eigenvalue weighted by atomic mass is 32.1. The van der Waals surface area contributed by atoms with Crippen molar-refractivity contribution in [2.45, 2.75) is 6.10 Å². The number of nitrogens with zero attached hydrogens (tertiary/aromatic N) is 1. The van der Waals surface area contributed by atoms with Crippen molar-refractivity contribution in [2.75, 3.05) is 6.54 Å². The number of rotatable bonds is 4. The summed E-state index contributed by atoms with van der Waals surface area (Å²) in [6.07, 6.45) is -0.658. The predicted molar refractivity (Wildman–Crippen MR) is 63.7 cm³/mol. The summed E-state index contributed by atoms with van der Waals surface area (Å²) in [5, 5.41) is 17.8. The van der Waals surface area contributed by atoms with Crippen LogP contribution in [-0.4, -0.2) is 22.5 Å². The second-order valence-electron chi connectivity index (χ2n) is 3.16. The maximum absolute atomic E-state index is 11.5. The number of amides is 1. The van der Waals surface area contributed by atoms with Crippen LogP contribution in [0.15, 0.2) is 27.7 Å². The summed E-state index contributed by atoms with van der Waals surface area (Å²) >= 11 is 2.88. The molecule has 4 nitrogen and oxygen atoms in total. The van der Waals surface area contributed by atoms with E-state index >= 15 is 0 Å². The fraction of sp³-hybridized carbons (Fsp3) is 0.200. The first-order valence-corrected chi connectivity index (χ1v) is 6.52. The van der Waals surface area contributed by atoms with Gasteiger partial charge in [0.25, 0.3) is 5.91 Å². The van der Waals surface area contributed by atoms with Gasteiger partial charge in [-0.15, -0.1) is 11.3 Å². The van der Waals surface area contributed by atoms with E-state index in [-0.39, 0.29) is 12.5 Å². The van der Waals surface area contributed by atoms with Gasteiger partial charge in [0.05, 0.1) is 11.6 Å². The number of aliphatic hydroxyl groups is 1. The molecule has 0 radical (unpaired) electrons. The molecule has 16 heavy (non-hydrogen) atoms. The molecule has 2 aromatic rings. The zero-order valence-corrected chi connectivity index (χ0v) is 9.92. The first-order valence-electron chi connectivity index (χ1n) is 4.64. The zero-order chi connectivity index (χ0) is 11.4. The van der Waals surface area contributed by atoms with Gasteiger partial charge in [-0.3, -0.25) is 4.79 Å². The van der Waals surface area contributed by atoms with E-state index < -0.39 is 6.10 Å². The number of carbonyl (C=O) groups is 1. The first kappa shape index (κ1) is 11.3. The topological polar surface area (TPSA) is 62.2 Å². The second-order valence-corrected chi connectivity index (χ2v) is 4.65. The quantitative estimate of drug-likeness (QED) is 0.872. The van der Waals surface area contributed by atoms with Crippen LogP contribution >= 0.6 is 22.7 Å². The molecular weight excluding hydrogens is 244 g/mol. The zero-order valence-electron chi connectivity index (χ0n) is 8.29. The monoisotopic (exact) mass is 254 g/mol. The standard InChI is InChI=1S/C10H10N2O2S2/c13-9(7-1-2-15-4-7)3-11-10(14)8-5-16-6-12-8/h1-2,4-6,9,13H,3H2,(H,11,14). The lowest BCUT2D eigenvalue weighted by Gasteiger charge is -2.09. The van der Waals surface area contributed by atoms with E-state index in [9.17, 15) is 9.90 Å². The molecule has 0 spiro atoms. The normalized spacial score (nSPS) is 12.3. The Labute approximate surface area is 101 Å². The highest BCUT2D eigenvalue weighted by Crippen LogP contribution is 2.15. The summed E-state index contributed by atoms with van der Waals surface area (Å²) < 4.78 is 0. The Morgan fingerprint density at radius 2 is 2.38 bits per heavy atom. The van der Waals surface area contributed by atoms with Crippen LogP contribution in [0.2, 0.25) is 0 Å². The molecule has 2 heterocycles. The Morgan fingerprint density at radius 3 is 3.00 bits per heavy atom. The van der Waals surface area contributed by atoms with Gasteiger partial charge in [-0.1, -0.05) is 0 Å². The maximum Gasteiger partial charge on any atom is 0.270 e. The predicted octanol–water partition coefficient (Wildman–Crippen LogP) is 1.67. The summed E-state index contributed by atoms with van der Waals surface area (Å²) in [5.74, 6) is -0.254. The van der Waals surface area contributed by atoms with Gasteiger partial charge in [0, 0.05) is 11.9 Å². The molecule has 0 saturated heterocycles. The van der Waals surface area contributed by atoms with E-state index in [4.69, 9.17) is 0 Å². The van der Waals surface area contributed by atoms with E-state index in [1.807, 2.05) is 16.8 Å². The third kappa shape index (κ3) is 2.66. The van der Waals surface area contributed by atoms with Crippen LogP contribution in [-0.2, 0) is 0 Å². The van der Waals surface area contributed by atoms with Crippen LogP contribution < -0.4 is 5.32 Å². The van der Waals surface area contributed by atoms with Crippen molar-refractivity contribution >= 4 is 28.6 Å². The van der Waals surface area contributed by atoms with Crippen LogP contribution in [0.1, 0.15) is 22.2 Å². The van der Waals surface area contributed by atoms with Crippen LogP contribution in [0, 0.1) is 0 Å². The van der Waals surface area contributed by atoms with Gasteiger partial charge in [-0.05, 0) is 22.4 Å². The molecule has 1 amide bonds. The number of carbonyl (C=O) groups excluding carboxylic acids is 1. The highest BCUT2D eigenvalue weighted by Gasteiger charge is 2.11. The molecule has 0 bridgehead atoms. The lowest BCUT2D eigenvalue weighted by atomic mass is 10.2. The number of hydrogen-bond acceptors (Lipinski definition) is 5. The molecule has 2 N–H and O–H groups in total. The Hall–Kier alpha value is -1.24. The first-order chi connectivity index (χ1) is 7.77. The van der Waals surface area contributed by atoms with Gasteiger partial charge < -0.3 is 10.4 Å². The molecule has 0 aliphatic carbocycles. The van der Waals surface area contributed by atoms with Gasteiger partial charge in [0.1, 0.15) is 5.69 Å². The minimum Gasteiger partial charge on any atom is -0.387 e. The number of nitrogens with one attached hydrogen (secondary N) is 1. The minimum absolute atomic E-state index is 0.201. The molecule has 6 heteroatoms. The number of aliphatic hydroxyl groups excluding tert-OH is 1. The Balaban J connectivity index is 1.86. The fourth-order valence-electron chi connectivity index (χ4n) is 1.19. The smallest absolute Gasteiger partial charge is 0.270 e. The third-order valence-electron chi connectivity index (χ3n) is 2.05. The number of thiophene rings is 1. The van der Waals surface area contributed by atoms with Crippen molar-refractivity contribution in [3.05, 3.63) is 39.0 Å². The lowest BCUT2D eigenvalue weighted by Crippen LogP contribution is -2.28. The molecule has 0 saturated carbocycles. The average Bonchev–Trinajstić information content (AvgIpc) is 2.95. The van der Waals surface area contributed by atoms with Gasteiger partial charge >= 0.3 is 0 Å². The van der Waals surface area contributed by atoms with Gasteiger partial charge in [0.15, 0.2) is 0 Å². The van der Waals surface area contributed by atoms with Gasteiger partial charge in [0.2, 0.25) is 0 Å². The van der Waals surface area contributed by atoms with Crippen molar-refractivity contribution in [2.24, 2.45) is 0 Å². The minimum atomic E-state index is -0.658. The Kier molecular flexibility index (Phi) is 3.66. The molecule has 1 atom stereocenters. The number of hydrogen-bond donors (Lipinski definition) is 2. The van der Waals surface area contributed by atoms with Crippen molar-refractivity contribution in [3.63, 3.8) is 0 Å². The molecular formula is C10H10N2O2S2. The summed E-state index contributed by atoms with van der Waals surface area (Å²) in [4.78, 5) is 15.4.